The number of hydrogen-bond donors (Lipinski definition) is 4. The Hall–Kier alpha value is -1.15. The molecule has 154 valence electrons. The normalized spacial score (nSPS) is 56.9. The second kappa shape index (κ2) is 5.72. The Balaban J connectivity index is 1.66. The van der Waals surface area contributed by atoms with E-state index in [4.69, 9.17) is 10.3 Å². The monoisotopic (exact) mass is 391 g/mol. The molecule has 2 bridgehead atoms. The number of nitrogens with zero attached hydrogens (tertiary/aromatic N) is 3. The lowest BCUT2D eigenvalue weighted by atomic mass is 9.50. The van der Waals surface area contributed by atoms with Crippen LogP contribution >= 0.6 is 0 Å². The maximum absolute atomic E-state index is 10.9. The molecule has 5 rings (SSSR count). The minimum Gasteiger partial charge on any atom is -0.395 e. The first-order valence-electron chi connectivity index (χ1n) is 10.4. The molecule has 4 N–H and O–H groups in total. The van der Waals surface area contributed by atoms with E-state index in [1.165, 1.54) is 0 Å². The fourth-order valence-corrected chi connectivity index (χ4v) is 7.54. The zero-order chi connectivity index (χ0) is 19.9. The molecule has 4 fully saturated rings. The molecule has 2 heterocycles. The SMILES string of the molecule is C[C@]12CC[C@]3(CO)C=C4[C@@H](O)[C@H](O)[C@@H](N=[N+]=[N-])C[C@]45CC[C@]3(O5)[C@@H]1CC[C@@H]2O. The van der Waals surface area contributed by atoms with Gasteiger partial charge in [0.2, 0.25) is 0 Å². The van der Waals surface area contributed by atoms with Gasteiger partial charge in [0.25, 0.3) is 0 Å². The Bertz CT molecular complexity index is 784. The molecule has 0 aromatic heterocycles. The van der Waals surface area contributed by atoms with E-state index in [0.717, 1.165) is 25.7 Å². The van der Waals surface area contributed by atoms with Crippen molar-refractivity contribution in [3.8, 4) is 0 Å². The van der Waals surface area contributed by atoms with Gasteiger partial charge in [-0.25, -0.2) is 0 Å². The average Bonchev–Trinajstić information content (AvgIpc) is 3.17. The molecule has 0 amide bonds. The van der Waals surface area contributed by atoms with Crippen molar-refractivity contribution in [1.82, 2.24) is 0 Å². The number of fused-ring (bicyclic) bond motifs is 1. The van der Waals surface area contributed by atoms with Crippen molar-refractivity contribution in [3.05, 3.63) is 22.1 Å². The molecule has 3 saturated carbocycles. The summed E-state index contributed by atoms with van der Waals surface area (Å²) >= 11 is 0. The molecule has 0 aromatic carbocycles. The first-order chi connectivity index (χ1) is 13.3. The van der Waals surface area contributed by atoms with Crippen LogP contribution in [-0.4, -0.2) is 62.6 Å². The minimum absolute atomic E-state index is 0.0855. The molecule has 0 radical (unpaired) electrons. The molecule has 8 nitrogen and oxygen atoms in total. The van der Waals surface area contributed by atoms with E-state index in [9.17, 15) is 20.4 Å². The number of aliphatic hydroxyl groups is 4. The Morgan fingerprint density at radius 3 is 2.71 bits per heavy atom. The first-order valence-corrected chi connectivity index (χ1v) is 10.4. The van der Waals surface area contributed by atoms with Crippen molar-refractivity contribution in [1.29, 1.82) is 0 Å². The second-order valence-electron chi connectivity index (χ2n) is 9.96. The van der Waals surface area contributed by atoms with Gasteiger partial charge in [0.15, 0.2) is 0 Å². The fraction of sp³-hybridized carbons (Fsp3) is 0.900. The van der Waals surface area contributed by atoms with Crippen molar-refractivity contribution in [2.75, 3.05) is 6.61 Å². The maximum atomic E-state index is 10.9. The highest BCUT2D eigenvalue weighted by molar-refractivity contribution is 5.40. The Morgan fingerprint density at radius 2 is 2.00 bits per heavy atom. The number of hydrogen-bond acceptors (Lipinski definition) is 6. The van der Waals surface area contributed by atoms with E-state index >= 15 is 0 Å². The van der Waals surface area contributed by atoms with Crippen LogP contribution in [0.4, 0.5) is 0 Å². The van der Waals surface area contributed by atoms with Crippen molar-refractivity contribution in [3.63, 3.8) is 0 Å². The van der Waals surface area contributed by atoms with Crippen LogP contribution in [0.1, 0.15) is 51.9 Å². The predicted octanol–water partition coefficient (Wildman–Crippen LogP) is 1.57. The standard InChI is InChI=1S/C20H29N3O5/c1-17-4-5-18(10-24)8-11-15(26)16(27)12(22-23-21)9-19(11)6-7-20(18,28-19)13(17)2-3-14(17)25/h8,12-16,24-27H,2-7,9-10H2,1H3/t12-,13+,14-,15+,16+,17-,18+,19+,20-/m0/s1. The van der Waals surface area contributed by atoms with Crippen LogP contribution in [0, 0.1) is 16.7 Å². The lowest BCUT2D eigenvalue weighted by Gasteiger charge is -2.63. The van der Waals surface area contributed by atoms with Gasteiger partial charge < -0.3 is 25.2 Å². The van der Waals surface area contributed by atoms with Gasteiger partial charge in [0, 0.05) is 10.3 Å². The third-order valence-electron chi connectivity index (χ3n) is 9.09. The fourth-order valence-electron chi connectivity index (χ4n) is 7.54. The Kier molecular flexibility index (Phi) is 3.85. The van der Waals surface area contributed by atoms with Gasteiger partial charge in [-0.15, -0.1) is 0 Å². The molecule has 28 heavy (non-hydrogen) atoms. The maximum Gasteiger partial charge on any atom is 0.104 e. The van der Waals surface area contributed by atoms with Crippen LogP contribution in [-0.2, 0) is 4.74 Å². The van der Waals surface area contributed by atoms with Crippen molar-refractivity contribution in [2.45, 2.75) is 87.4 Å². The molecule has 1 saturated heterocycles. The Labute approximate surface area is 163 Å². The molecule has 3 aliphatic carbocycles. The third kappa shape index (κ3) is 1.96. The van der Waals surface area contributed by atoms with E-state index < -0.39 is 34.9 Å². The van der Waals surface area contributed by atoms with E-state index in [-0.39, 0.29) is 24.0 Å². The molecule has 2 aliphatic heterocycles. The zero-order valence-electron chi connectivity index (χ0n) is 16.2. The van der Waals surface area contributed by atoms with Gasteiger partial charge in [0.05, 0.1) is 36.1 Å². The van der Waals surface area contributed by atoms with Gasteiger partial charge in [-0.2, -0.15) is 0 Å². The first kappa shape index (κ1) is 18.9. The van der Waals surface area contributed by atoms with E-state index in [1.54, 1.807) is 0 Å². The van der Waals surface area contributed by atoms with Crippen molar-refractivity contribution < 1.29 is 25.2 Å². The van der Waals surface area contributed by atoms with Crippen molar-refractivity contribution in [2.24, 2.45) is 21.9 Å². The topological polar surface area (TPSA) is 139 Å². The number of rotatable bonds is 2. The molecular formula is C20H29N3O5. The van der Waals surface area contributed by atoms with E-state index in [2.05, 4.69) is 16.9 Å². The quantitative estimate of drug-likeness (QED) is 0.245. The number of azide groups is 1. The summed E-state index contributed by atoms with van der Waals surface area (Å²) in [6.45, 7) is 2.05. The smallest absolute Gasteiger partial charge is 0.104 e. The molecule has 0 unspecified atom stereocenters. The summed E-state index contributed by atoms with van der Waals surface area (Å²) in [6.07, 6.45) is 4.04. The summed E-state index contributed by atoms with van der Waals surface area (Å²) < 4.78 is 6.90. The number of ether oxygens (including phenoxy) is 1. The van der Waals surface area contributed by atoms with Crippen LogP contribution in [0.5, 0.6) is 0 Å². The highest BCUT2D eigenvalue weighted by Crippen LogP contribution is 2.71. The molecule has 9 atom stereocenters. The highest BCUT2D eigenvalue weighted by Gasteiger charge is 2.74. The van der Waals surface area contributed by atoms with Crippen LogP contribution in [0.2, 0.25) is 0 Å². The second-order valence-corrected chi connectivity index (χ2v) is 9.96. The van der Waals surface area contributed by atoms with Crippen LogP contribution in [0.25, 0.3) is 10.4 Å². The average molecular weight is 391 g/mol. The summed E-state index contributed by atoms with van der Waals surface area (Å²) in [5.74, 6) is 0.120. The summed E-state index contributed by atoms with van der Waals surface area (Å²) in [5, 5.41) is 46.3. The van der Waals surface area contributed by atoms with E-state index in [1.807, 2.05) is 6.08 Å². The summed E-state index contributed by atoms with van der Waals surface area (Å²) in [7, 11) is 0. The highest BCUT2D eigenvalue weighted by atomic mass is 16.5. The summed E-state index contributed by atoms with van der Waals surface area (Å²) in [5.41, 5.74) is 7.28. The summed E-state index contributed by atoms with van der Waals surface area (Å²) in [4.78, 5) is 2.85. The van der Waals surface area contributed by atoms with Crippen molar-refractivity contribution >= 4 is 0 Å². The lowest BCUT2D eigenvalue weighted by molar-refractivity contribution is -0.250. The van der Waals surface area contributed by atoms with E-state index in [0.29, 0.717) is 24.8 Å². The van der Waals surface area contributed by atoms with Gasteiger partial charge in [0.1, 0.15) is 6.10 Å². The van der Waals surface area contributed by atoms with Gasteiger partial charge in [-0.3, -0.25) is 0 Å². The lowest BCUT2D eigenvalue weighted by Crippen LogP contribution is -2.67. The van der Waals surface area contributed by atoms with Crippen LogP contribution < -0.4 is 0 Å². The zero-order valence-corrected chi connectivity index (χ0v) is 16.2. The van der Waals surface area contributed by atoms with Gasteiger partial charge in [-0.05, 0) is 67.4 Å². The number of aliphatic hydroxyl groups excluding tert-OH is 4. The third-order valence-corrected chi connectivity index (χ3v) is 9.09. The molecular weight excluding hydrogens is 362 g/mol. The molecule has 8 heteroatoms. The van der Waals surface area contributed by atoms with Crippen LogP contribution in [0.15, 0.2) is 16.8 Å². The van der Waals surface area contributed by atoms with Crippen LogP contribution in [0.3, 0.4) is 0 Å². The minimum atomic E-state index is -1.18. The predicted molar refractivity (Wildman–Crippen MR) is 99.0 cm³/mol. The largest absolute Gasteiger partial charge is 0.395 e. The molecule has 0 aromatic rings. The molecule has 5 aliphatic rings. The van der Waals surface area contributed by atoms with Gasteiger partial charge in [-0.1, -0.05) is 18.1 Å². The Morgan fingerprint density at radius 1 is 1.21 bits per heavy atom. The van der Waals surface area contributed by atoms with Gasteiger partial charge >= 0.3 is 0 Å². The molecule has 2 spiro atoms. The summed E-state index contributed by atoms with van der Waals surface area (Å²) in [6, 6.07) is -0.752.